The first-order valence-electron chi connectivity index (χ1n) is 11.5. The number of rotatable bonds is 7. The molecule has 3 rings (SSSR count). The van der Waals surface area contributed by atoms with E-state index in [1.54, 1.807) is 0 Å². The Kier molecular flexibility index (Phi) is 7.38. The van der Waals surface area contributed by atoms with Crippen molar-refractivity contribution in [2.75, 3.05) is 0 Å². The van der Waals surface area contributed by atoms with E-state index in [4.69, 9.17) is 4.74 Å². The third kappa shape index (κ3) is 4.76. The maximum Gasteiger partial charge on any atom is 0.306 e. The molecule has 0 bridgehead atoms. The monoisotopic (exact) mass is 370 g/mol. The Morgan fingerprint density at radius 2 is 1.74 bits per heavy atom. The topological polar surface area (TPSA) is 26.3 Å². The van der Waals surface area contributed by atoms with Crippen molar-refractivity contribution in [3.63, 3.8) is 0 Å². The normalized spacial score (nSPS) is 26.2. The summed E-state index contributed by atoms with van der Waals surface area (Å²) in [6, 6.07) is 8.75. The summed E-state index contributed by atoms with van der Waals surface area (Å²) in [5.74, 6) is 0.972. The largest absolute Gasteiger partial charge is 0.454 e. The molecule has 0 heterocycles. The highest BCUT2D eigenvalue weighted by Crippen LogP contribution is 2.54. The van der Waals surface area contributed by atoms with E-state index in [9.17, 15) is 4.79 Å². The number of benzene rings is 1. The summed E-state index contributed by atoms with van der Waals surface area (Å²) in [6.07, 6.45) is 15.0. The van der Waals surface area contributed by atoms with Gasteiger partial charge >= 0.3 is 5.97 Å². The molecule has 1 fully saturated rings. The van der Waals surface area contributed by atoms with Gasteiger partial charge in [0.15, 0.2) is 0 Å². The molecule has 0 N–H and O–H groups in total. The highest BCUT2D eigenvalue weighted by atomic mass is 16.6. The van der Waals surface area contributed by atoms with E-state index in [1.807, 2.05) is 0 Å². The first-order chi connectivity index (χ1) is 13.2. The highest BCUT2D eigenvalue weighted by molar-refractivity contribution is 5.70. The molecular formula is C25H38O2. The molecule has 1 aromatic carbocycles. The molecule has 0 spiro atoms. The molecule has 0 amide bonds. The maximum atomic E-state index is 12.9. The van der Waals surface area contributed by atoms with Crippen LogP contribution in [0.25, 0.3) is 0 Å². The lowest BCUT2D eigenvalue weighted by molar-refractivity contribution is -0.170. The van der Waals surface area contributed by atoms with Gasteiger partial charge in [0.05, 0.1) is 0 Å². The van der Waals surface area contributed by atoms with Crippen molar-refractivity contribution in [1.29, 1.82) is 0 Å². The van der Waals surface area contributed by atoms with E-state index in [-0.39, 0.29) is 11.6 Å². The fraction of sp³-hybridized carbons (Fsp3) is 0.720. The van der Waals surface area contributed by atoms with Gasteiger partial charge in [0.25, 0.3) is 0 Å². The van der Waals surface area contributed by atoms with Crippen LogP contribution in [0.2, 0.25) is 0 Å². The number of fused-ring (bicyclic) bond motifs is 1. The third-order valence-corrected chi connectivity index (χ3v) is 6.85. The quantitative estimate of drug-likeness (QED) is 0.373. The van der Waals surface area contributed by atoms with Crippen molar-refractivity contribution in [3.05, 3.63) is 35.4 Å². The Morgan fingerprint density at radius 3 is 2.48 bits per heavy atom. The second-order valence-electron chi connectivity index (χ2n) is 8.91. The molecule has 2 aliphatic rings. The average Bonchev–Trinajstić information content (AvgIpc) is 2.92. The van der Waals surface area contributed by atoms with Crippen LogP contribution >= 0.6 is 0 Å². The number of carbonyl (C=O) groups excluding carboxylic acids is 1. The molecule has 27 heavy (non-hydrogen) atoms. The smallest absolute Gasteiger partial charge is 0.306 e. The second-order valence-corrected chi connectivity index (χ2v) is 8.91. The van der Waals surface area contributed by atoms with Crippen LogP contribution in [0.15, 0.2) is 24.3 Å². The zero-order valence-electron chi connectivity index (χ0n) is 17.5. The van der Waals surface area contributed by atoms with E-state index >= 15 is 0 Å². The summed E-state index contributed by atoms with van der Waals surface area (Å²) in [5, 5.41) is 0. The SMILES string of the molecule is CCCCCCC(=O)OC1(C2CCCCCCC2)CC(C)c2ccccc21. The summed E-state index contributed by atoms with van der Waals surface area (Å²) in [5.41, 5.74) is 2.33. The number of unbranched alkanes of at least 4 members (excludes halogenated alkanes) is 3. The number of carbonyl (C=O) groups is 1. The van der Waals surface area contributed by atoms with Gasteiger partial charge in [-0.15, -0.1) is 0 Å². The number of ether oxygens (including phenoxy) is 1. The van der Waals surface area contributed by atoms with Gasteiger partial charge in [0.2, 0.25) is 0 Å². The predicted molar refractivity (Wildman–Crippen MR) is 112 cm³/mol. The van der Waals surface area contributed by atoms with Gasteiger partial charge in [-0.25, -0.2) is 0 Å². The van der Waals surface area contributed by atoms with Gasteiger partial charge in [-0.1, -0.05) is 89.5 Å². The number of hydrogen-bond donors (Lipinski definition) is 0. The molecule has 2 nitrogen and oxygen atoms in total. The third-order valence-electron chi connectivity index (χ3n) is 6.85. The highest BCUT2D eigenvalue weighted by Gasteiger charge is 2.50. The fourth-order valence-electron chi connectivity index (χ4n) is 5.43. The summed E-state index contributed by atoms with van der Waals surface area (Å²) in [6.45, 7) is 4.51. The molecular weight excluding hydrogens is 332 g/mol. The Morgan fingerprint density at radius 1 is 1.04 bits per heavy atom. The number of esters is 1. The number of hydrogen-bond acceptors (Lipinski definition) is 2. The van der Waals surface area contributed by atoms with Gasteiger partial charge < -0.3 is 4.74 Å². The van der Waals surface area contributed by atoms with Crippen molar-refractivity contribution in [1.82, 2.24) is 0 Å². The van der Waals surface area contributed by atoms with Gasteiger partial charge in [-0.3, -0.25) is 4.79 Å². The van der Waals surface area contributed by atoms with Crippen molar-refractivity contribution in [3.8, 4) is 0 Å². The predicted octanol–water partition coefficient (Wildman–Crippen LogP) is 7.26. The molecule has 1 aromatic rings. The lowest BCUT2D eigenvalue weighted by Gasteiger charge is -2.39. The Bertz CT molecular complexity index is 600. The van der Waals surface area contributed by atoms with E-state index in [2.05, 4.69) is 38.1 Å². The molecule has 2 unspecified atom stereocenters. The van der Waals surface area contributed by atoms with Crippen LogP contribution in [0.5, 0.6) is 0 Å². The van der Waals surface area contributed by atoms with Crippen LogP contribution in [0.1, 0.15) is 114 Å². The van der Waals surface area contributed by atoms with E-state index in [1.165, 1.54) is 68.9 Å². The standard InChI is InChI=1S/C25H38O2/c1-3-4-5-11-18-24(26)27-25(21-14-9-7-6-8-10-15-21)19-20(2)22-16-12-13-17-23(22)25/h12-13,16-17,20-21H,3-11,14-15,18-19H2,1-2H3. The summed E-state index contributed by atoms with van der Waals surface area (Å²) >= 11 is 0. The van der Waals surface area contributed by atoms with Crippen molar-refractivity contribution in [2.24, 2.45) is 5.92 Å². The molecule has 0 aliphatic heterocycles. The van der Waals surface area contributed by atoms with Gasteiger partial charge in [0.1, 0.15) is 5.60 Å². The second kappa shape index (κ2) is 9.75. The van der Waals surface area contributed by atoms with Crippen LogP contribution in [0.4, 0.5) is 0 Å². The minimum absolute atomic E-state index is 0.0251. The zero-order valence-corrected chi connectivity index (χ0v) is 17.5. The van der Waals surface area contributed by atoms with E-state index in [0.29, 0.717) is 18.3 Å². The molecule has 0 saturated heterocycles. The van der Waals surface area contributed by atoms with Crippen LogP contribution in [-0.4, -0.2) is 5.97 Å². The maximum absolute atomic E-state index is 12.9. The molecule has 0 aromatic heterocycles. The minimum atomic E-state index is -0.380. The summed E-state index contributed by atoms with van der Waals surface area (Å²) < 4.78 is 6.47. The van der Waals surface area contributed by atoms with Gasteiger partial charge in [-0.2, -0.15) is 0 Å². The Labute approximate surface area is 166 Å². The van der Waals surface area contributed by atoms with Crippen molar-refractivity contribution >= 4 is 5.97 Å². The molecule has 2 aliphatic carbocycles. The molecule has 1 saturated carbocycles. The van der Waals surface area contributed by atoms with Crippen LogP contribution in [0.3, 0.4) is 0 Å². The average molecular weight is 371 g/mol. The molecule has 150 valence electrons. The molecule has 0 radical (unpaired) electrons. The first-order valence-corrected chi connectivity index (χ1v) is 11.5. The van der Waals surface area contributed by atoms with Crippen molar-refractivity contribution in [2.45, 2.75) is 109 Å². The van der Waals surface area contributed by atoms with Crippen LogP contribution < -0.4 is 0 Å². The van der Waals surface area contributed by atoms with Gasteiger partial charge in [-0.05, 0) is 42.7 Å². The lowest BCUT2D eigenvalue weighted by atomic mass is 9.75. The fourth-order valence-corrected chi connectivity index (χ4v) is 5.43. The van der Waals surface area contributed by atoms with E-state index < -0.39 is 0 Å². The summed E-state index contributed by atoms with van der Waals surface area (Å²) in [7, 11) is 0. The van der Waals surface area contributed by atoms with Crippen LogP contribution in [0, 0.1) is 5.92 Å². The van der Waals surface area contributed by atoms with Crippen LogP contribution in [-0.2, 0) is 15.1 Å². The molecule has 2 heteroatoms. The Hall–Kier alpha value is -1.31. The zero-order chi connectivity index (χ0) is 19.1. The minimum Gasteiger partial charge on any atom is -0.454 e. The lowest BCUT2D eigenvalue weighted by Crippen LogP contribution is -2.39. The Balaban J connectivity index is 1.82. The van der Waals surface area contributed by atoms with Gasteiger partial charge in [0, 0.05) is 12.3 Å². The molecule has 2 atom stereocenters. The van der Waals surface area contributed by atoms with E-state index in [0.717, 1.165) is 19.3 Å². The summed E-state index contributed by atoms with van der Waals surface area (Å²) in [4.78, 5) is 12.9. The van der Waals surface area contributed by atoms with Crippen molar-refractivity contribution < 1.29 is 9.53 Å². The first kappa shape index (κ1) is 20.4.